The van der Waals surface area contributed by atoms with Gasteiger partial charge in [-0.25, -0.2) is 0 Å². The third-order valence-electron chi connectivity index (χ3n) is 1.91. The van der Waals surface area contributed by atoms with Crippen molar-refractivity contribution in [2.45, 2.75) is 18.7 Å². The maximum absolute atomic E-state index is 5.84. The summed E-state index contributed by atoms with van der Waals surface area (Å²) in [4.78, 5) is 1.07. The van der Waals surface area contributed by atoms with Crippen molar-refractivity contribution in [2.24, 2.45) is 5.92 Å². The topological polar surface area (TPSA) is 35.2 Å². The number of nitrogens with two attached hydrogens (primary N) is 1. The van der Waals surface area contributed by atoms with Crippen molar-refractivity contribution in [3.63, 3.8) is 0 Å². The van der Waals surface area contributed by atoms with Gasteiger partial charge >= 0.3 is 0 Å². The van der Waals surface area contributed by atoms with Crippen molar-refractivity contribution in [3.8, 4) is 0 Å². The van der Waals surface area contributed by atoms with Gasteiger partial charge in [0.05, 0.1) is 6.61 Å². The molecule has 0 unspecified atom stereocenters. The highest BCUT2D eigenvalue weighted by Crippen LogP contribution is 2.27. The van der Waals surface area contributed by atoms with E-state index in [-0.39, 0.29) is 0 Å². The van der Waals surface area contributed by atoms with Crippen LogP contribution in [0, 0.1) is 5.92 Å². The lowest BCUT2D eigenvalue weighted by Crippen LogP contribution is -2.04. The molecule has 4 heteroatoms. The fourth-order valence-electron chi connectivity index (χ4n) is 1.18. The van der Waals surface area contributed by atoms with Crippen LogP contribution in [-0.2, 0) is 4.74 Å². The predicted octanol–water partition coefficient (Wildman–Crippen LogP) is 3.69. The van der Waals surface area contributed by atoms with Gasteiger partial charge in [-0.05, 0) is 24.1 Å². The van der Waals surface area contributed by atoms with Gasteiger partial charge in [0.25, 0.3) is 0 Å². The minimum Gasteiger partial charge on any atom is -0.398 e. The first-order valence-corrected chi connectivity index (χ1v) is 6.71. The van der Waals surface area contributed by atoms with Gasteiger partial charge in [-0.3, -0.25) is 0 Å². The minimum atomic E-state index is 0.589. The Bertz CT molecular complexity index is 331. The first-order chi connectivity index (χ1) is 7.59. The van der Waals surface area contributed by atoms with Crippen molar-refractivity contribution < 1.29 is 4.74 Å². The SMILES string of the molecule is CC(C)COCCSc1ccc(Cl)cc1N. The van der Waals surface area contributed by atoms with Gasteiger partial charge in [0, 0.05) is 28.0 Å². The lowest BCUT2D eigenvalue weighted by molar-refractivity contribution is 0.124. The second-order valence-corrected chi connectivity index (χ2v) is 5.57. The Labute approximate surface area is 107 Å². The maximum atomic E-state index is 5.84. The van der Waals surface area contributed by atoms with E-state index in [9.17, 15) is 0 Å². The molecule has 0 aliphatic heterocycles. The second-order valence-electron chi connectivity index (χ2n) is 4.00. The van der Waals surface area contributed by atoms with Crippen LogP contribution >= 0.6 is 23.4 Å². The molecule has 0 bridgehead atoms. The summed E-state index contributed by atoms with van der Waals surface area (Å²) in [7, 11) is 0. The number of halogens is 1. The zero-order valence-electron chi connectivity index (χ0n) is 9.70. The van der Waals surface area contributed by atoms with Crippen LogP contribution in [0.4, 0.5) is 5.69 Å². The highest BCUT2D eigenvalue weighted by atomic mass is 35.5. The van der Waals surface area contributed by atoms with E-state index in [1.54, 1.807) is 17.8 Å². The van der Waals surface area contributed by atoms with Gasteiger partial charge in [0.2, 0.25) is 0 Å². The molecule has 2 N–H and O–H groups in total. The Hall–Kier alpha value is -0.380. The molecule has 0 saturated carbocycles. The van der Waals surface area contributed by atoms with E-state index in [2.05, 4.69) is 13.8 Å². The van der Waals surface area contributed by atoms with Gasteiger partial charge in [-0.15, -0.1) is 11.8 Å². The summed E-state index contributed by atoms with van der Waals surface area (Å²) >= 11 is 7.52. The van der Waals surface area contributed by atoms with Crippen LogP contribution in [0.3, 0.4) is 0 Å². The Balaban J connectivity index is 2.27. The maximum Gasteiger partial charge on any atom is 0.0560 e. The van der Waals surface area contributed by atoms with E-state index >= 15 is 0 Å². The third-order valence-corrected chi connectivity index (χ3v) is 3.20. The number of rotatable bonds is 6. The lowest BCUT2D eigenvalue weighted by Gasteiger charge is -2.08. The first kappa shape index (κ1) is 13.7. The summed E-state index contributed by atoms with van der Waals surface area (Å²) in [5, 5.41) is 0.679. The molecular formula is C12H18ClNOS. The standard InChI is InChI=1S/C12H18ClNOS/c1-9(2)8-15-5-6-16-12-4-3-10(13)7-11(12)14/h3-4,7,9H,5-6,8,14H2,1-2H3. The van der Waals surface area contributed by atoms with Gasteiger partial charge in [0.1, 0.15) is 0 Å². The van der Waals surface area contributed by atoms with Crippen LogP contribution in [0.5, 0.6) is 0 Å². The van der Waals surface area contributed by atoms with Crippen LogP contribution in [0.2, 0.25) is 5.02 Å². The molecular weight excluding hydrogens is 242 g/mol. The monoisotopic (exact) mass is 259 g/mol. The van der Waals surface area contributed by atoms with Gasteiger partial charge in [0.15, 0.2) is 0 Å². The molecule has 1 aromatic carbocycles. The summed E-state index contributed by atoms with van der Waals surface area (Å²) < 4.78 is 5.49. The number of ether oxygens (including phenoxy) is 1. The zero-order chi connectivity index (χ0) is 12.0. The molecule has 1 rings (SSSR count). The molecule has 0 spiro atoms. The fourth-order valence-corrected chi connectivity index (χ4v) is 2.17. The smallest absolute Gasteiger partial charge is 0.0560 e. The quantitative estimate of drug-likeness (QED) is 0.481. The lowest BCUT2D eigenvalue weighted by atomic mass is 10.2. The van der Waals surface area contributed by atoms with Crippen molar-refractivity contribution >= 4 is 29.1 Å². The number of hydrogen-bond donors (Lipinski definition) is 1. The Morgan fingerprint density at radius 3 is 2.81 bits per heavy atom. The molecule has 0 radical (unpaired) electrons. The fraction of sp³-hybridized carbons (Fsp3) is 0.500. The molecule has 0 aliphatic carbocycles. The first-order valence-electron chi connectivity index (χ1n) is 5.35. The number of benzene rings is 1. The number of hydrogen-bond acceptors (Lipinski definition) is 3. The number of thioether (sulfide) groups is 1. The number of anilines is 1. The van der Waals surface area contributed by atoms with Crippen LogP contribution in [0.1, 0.15) is 13.8 Å². The van der Waals surface area contributed by atoms with Gasteiger partial charge in [-0.2, -0.15) is 0 Å². The summed E-state index contributed by atoms with van der Waals surface area (Å²) in [6.07, 6.45) is 0. The van der Waals surface area contributed by atoms with Crippen LogP contribution < -0.4 is 5.73 Å². The summed E-state index contributed by atoms with van der Waals surface area (Å²) in [5.41, 5.74) is 6.58. The molecule has 0 aliphatic rings. The van der Waals surface area contributed by atoms with Crippen molar-refractivity contribution in [1.29, 1.82) is 0 Å². The molecule has 0 atom stereocenters. The van der Waals surface area contributed by atoms with E-state index < -0.39 is 0 Å². The zero-order valence-corrected chi connectivity index (χ0v) is 11.3. The largest absolute Gasteiger partial charge is 0.398 e. The Kier molecular flexibility index (Phi) is 6.03. The molecule has 90 valence electrons. The van der Waals surface area contributed by atoms with Crippen LogP contribution in [0.15, 0.2) is 23.1 Å². The van der Waals surface area contributed by atoms with E-state index in [4.69, 9.17) is 22.1 Å². The normalized spacial score (nSPS) is 11.0. The number of nitrogen functional groups attached to an aromatic ring is 1. The van der Waals surface area contributed by atoms with Gasteiger partial charge in [-0.1, -0.05) is 25.4 Å². The average molecular weight is 260 g/mol. The predicted molar refractivity (Wildman–Crippen MR) is 72.2 cm³/mol. The van der Waals surface area contributed by atoms with Crippen LogP contribution in [-0.4, -0.2) is 19.0 Å². The van der Waals surface area contributed by atoms with Gasteiger partial charge < -0.3 is 10.5 Å². The molecule has 2 nitrogen and oxygen atoms in total. The molecule has 0 saturated heterocycles. The highest BCUT2D eigenvalue weighted by Gasteiger charge is 2.01. The Morgan fingerprint density at radius 1 is 1.44 bits per heavy atom. The highest BCUT2D eigenvalue weighted by molar-refractivity contribution is 7.99. The van der Waals surface area contributed by atoms with E-state index in [1.807, 2.05) is 12.1 Å². The molecule has 16 heavy (non-hydrogen) atoms. The van der Waals surface area contributed by atoms with Crippen molar-refractivity contribution in [3.05, 3.63) is 23.2 Å². The van der Waals surface area contributed by atoms with Crippen molar-refractivity contribution in [1.82, 2.24) is 0 Å². The van der Waals surface area contributed by atoms with E-state index in [0.717, 1.165) is 29.5 Å². The van der Waals surface area contributed by atoms with E-state index in [0.29, 0.717) is 10.9 Å². The summed E-state index contributed by atoms with van der Waals surface area (Å²) in [6.45, 7) is 5.86. The molecule has 0 fully saturated rings. The molecule has 0 heterocycles. The van der Waals surface area contributed by atoms with Crippen LogP contribution in [0.25, 0.3) is 0 Å². The Morgan fingerprint density at radius 2 is 2.19 bits per heavy atom. The summed E-state index contributed by atoms with van der Waals surface area (Å²) in [5.74, 6) is 1.50. The second kappa shape index (κ2) is 7.05. The summed E-state index contributed by atoms with van der Waals surface area (Å²) in [6, 6.07) is 5.58. The van der Waals surface area contributed by atoms with Crippen molar-refractivity contribution in [2.75, 3.05) is 24.7 Å². The average Bonchev–Trinajstić information content (AvgIpc) is 2.20. The molecule has 0 aromatic heterocycles. The minimum absolute atomic E-state index is 0.589. The van der Waals surface area contributed by atoms with E-state index in [1.165, 1.54) is 0 Å². The molecule has 0 amide bonds. The molecule has 1 aromatic rings. The third kappa shape index (κ3) is 5.10.